The number of benzene rings is 1. The van der Waals surface area contributed by atoms with Crippen LogP contribution in [0.4, 0.5) is 0 Å². The minimum absolute atomic E-state index is 0.110. The van der Waals surface area contributed by atoms with Crippen LogP contribution in [-0.4, -0.2) is 28.5 Å². The number of para-hydroxylation sites is 1. The standard InChI is InChI=1S/C27H27ClN2O3S/c1-15(25(31)30-27-12-16-8-17(13-27)10-18(9-16)14-27)33-26(32)20-11-22(23-6-7-24(28)34-23)29-21-5-3-2-4-19(20)21/h2-7,11,15-18H,8-10,12-14H2,1H3,(H,30,31)/t15-,16?,17?,18?,27?/m1/s1. The Kier molecular flexibility index (Phi) is 5.41. The number of hydrogen-bond donors (Lipinski definition) is 1. The number of carbonyl (C=O) groups is 2. The highest BCUT2D eigenvalue weighted by molar-refractivity contribution is 7.19. The number of aromatic nitrogens is 1. The second-order valence-electron chi connectivity index (χ2n) is 10.4. The van der Waals surface area contributed by atoms with E-state index < -0.39 is 12.1 Å². The highest BCUT2D eigenvalue weighted by Gasteiger charge is 2.51. The van der Waals surface area contributed by atoms with Crippen LogP contribution < -0.4 is 5.32 Å². The Labute approximate surface area is 207 Å². The number of carbonyl (C=O) groups excluding carboxylic acids is 2. The second-order valence-corrected chi connectivity index (χ2v) is 12.1. The molecule has 0 aliphatic heterocycles. The summed E-state index contributed by atoms with van der Waals surface area (Å²) in [6, 6.07) is 12.9. The van der Waals surface area contributed by atoms with E-state index in [9.17, 15) is 9.59 Å². The quantitative estimate of drug-likeness (QED) is 0.426. The van der Waals surface area contributed by atoms with Gasteiger partial charge in [-0.1, -0.05) is 29.8 Å². The fourth-order valence-electron chi connectivity index (χ4n) is 6.83. The molecule has 5 nitrogen and oxygen atoms in total. The van der Waals surface area contributed by atoms with Gasteiger partial charge in [-0.15, -0.1) is 11.3 Å². The number of fused-ring (bicyclic) bond motifs is 1. The minimum Gasteiger partial charge on any atom is -0.449 e. The van der Waals surface area contributed by atoms with Crippen LogP contribution in [-0.2, 0) is 9.53 Å². The molecule has 4 bridgehead atoms. The van der Waals surface area contributed by atoms with E-state index in [4.69, 9.17) is 21.3 Å². The van der Waals surface area contributed by atoms with E-state index in [0.717, 1.165) is 41.9 Å². The van der Waals surface area contributed by atoms with Gasteiger partial charge in [0, 0.05) is 10.9 Å². The van der Waals surface area contributed by atoms with Gasteiger partial charge in [-0.3, -0.25) is 4.79 Å². The van der Waals surface area contributed by atoms with Crippen LogP contribution in [0.2, 0.25) is 4.34 Å². The van der Waals surface area contributed by atoms with Crippen LogP contribution in [0, 0.1) is 17.8 Å². The Bertz CT molecular complexity index is 1250. The van der Waals surface area contributed by atoms with Gasteiger partial charge in [-0.05, 0) is 87.5 Å². The lowest BCUT2D eigenvalue weighted by atomic mass is 9.53. The zero-order valence-electron chi connectivity index (χ0n) is 19.1. The van der Waals surface area contributed by atoms with Gasteiger partial charge in [0.05, 0.1) is 26.0 Å². The molecule has 4 aliphatic carbocycles. The fraction of sp³-hybridized carbons (Fsp3) is 0.444. The summed E-state index contributed by atoms with van der Waals surface area (Å²) in [5, 5.41) is 4.02. The average molecular weight is 495 g/mol. The predicted octanol–water partition coefficient (Wildman–Crippen LogP) is 6.25. The van der Waals surface area contributed by atoms with Gasteiger partial charge < -0.3 is 10.1 Å². The summed E-state index contributed by atoms with van der Waals surface area (Å²) in [6.07, 6.45) is 6.26. The maximum atomic E-state index is 13.3. The Balaban J connectivity index is 1.22. The van der Waals surface area contributed by atoms with Crippen molar-refractivity contribution in [2.45, 2.75) is 57.1 Å². The number of pyridine rings is 1. The van der Waals surface area contributed by atoms with Crippen molar-refractivity contribution < 1.29 is 14.3 Å². The molecule has 2 aromatic heterocycles. The number of hydrogen-bond acceptors (Lipinski definition) is 5. The van der Waals surface area contributed by atoms with E-state index >= 15 is 0 Å². The lowest BCUT2D eigenvalue weighted by Crippen LogP contribution is -2.61. The van der Waals surface area contributed by atoms with Gasteiger partial charge in [0.25, 0.3) is 5.91 Å². The molecular formula is C27H27ClN2O3S. The van der Waals surface area contributed by atoms with E-state index in [1.54, 1.807) is 13.0 Å². The summed E-state index contributed by atoms with van der Waals surface area (Å²) in [4.78, 5) is 32.0. The van der Waals surface area contributed by atoms with Crippen LogP contribution in [0.25, 0.3) is 21.5 Å². The summed E-state index contributed by atoms with van der Waals surface area (Å²) in [6.45, 7) is 1.66. The molecule has 1 aromatic carbocycles. The molecule has 1 atom stereocenters. The predicted molar refractivity (Wildman–Crippen MR) is 134 cm³/mol. The molecule has 4 aliphatic rings. The van der Waals surface area contributed by atoms with Crippen molar-refractivity contribution in [3.63, 3.8) is 0 Å². The van der Waals surface area contributed by atoms with Gasteiger partial charge in [0.2, 0.25) is 0 Å². The van der Waals surface area contributed by atoms with Crippen molar-refractivity contribution in [2.24, 2.45) is 17.8 Å². The molecule has 1 amide bonds. The molecule has 34 heavy (non-hydrogen) atoms. The first kappa shape index (κ1) is 22.1. The molecular weight excluding hydrogens is 468 g/mol. The van der Waals surface area contributed by atoms with Crippen molar-refractivity contribution in [3.05, 3.63) is 52.4 Å². The van der Waals surface area contributed by atoms with E-state index in [-0.39, 0.29) is 11.4 Å². The number of amides is 1. The SMILES string of the molecule is C[C@@H](OC(=O)c1cc(-c2ccc(Cl)s2)nc2ccccc12)C(=O)NC12CC3CC(CC(C3)C1)C2. The average Bonchev–Trinajstić information content (AvgIpc) is 3.23. The molecule has 7 heteroatoms. The molecule has 0 spiro atoms. The number of thiophene rings is 1. The van der Waals surface area contributed by atoms with E-state index in [2.05, 4.69) is 5.32 Å². The monoisotopic (exact) mass is 494 g/mol. The van der Waals surface area contributed by atoms with Gasteiger partial charge in [0.1, 0.15) is 0 Å². The van der Waals surface area contributed by atoms with Crippen molar-refractivity contribution in [1.29, 1.82) is 0 Å². The minimum atomic E-state index is -0.868. The normalized spacial score (nSPS) is 28.1. The van der Waals surface area contributed by atoms with Crippen molar-refractivity contribution in [3.8, 4) is 10.6 Å². The smallest absolute Gasteiger partial charge is 0.339 e. The molecule has 7 rings (SSSR count). The highest BCUT2D eigenvalue weighted by Crippen LogP contribution is 2.55. The van der Waals surface area contributed by atoms with E-state index in [1.165, 1.54) is 30.6 Å². The third kappa shape index (κ3) is 4.01. The van der Waals surface area contributed by atoms with Gasteiger partial charge in [-0.2, -0.15) is 0 Å². The number of ether oxygens (including phenoxy) is 1. The van der Waals surface area contributed by atoms with Crippen LogP contribution in [0.1, 0.15) is 55.8 Å². The van der Waals surface area contributed by atoms with E-state index in [0.29, 0.717) is 26.5 Å². The Hall–Kier alpha value is -2.44. The van der Waals surface area contributed by atoms with E-state index in [1.807, 2.05) is 36.4 Å². The Morgan fingerprint density at radius 3 is 2.41 bits per heavy atom. The number of rotatable bonds is 5. The van der Waals surface area contributed by atoms with Gasteiger partial charge >= 0.3 is 5.97 Å². The maximum Gasteiger partial charge on any atom is 0.339 e. The summed E-state index contributed by atoms with van der Waals surface area (Å²) in [5.41, 5.74) is 1.65. The molecule has 0 unspecified atom stereocenters. The molecule has 4 saturated carbocycles. The topological polar surface area (TPSA) is 68.3 Å². The molecule has 0 radical (unpaired) electrons. The lowest BCUT2D eigenvalue weighted by molar-refractivity contribution is -0.134. The summed E-state index contributed by atoms with van der Waals surface area (Å²) in [5.74, 6) is 1.49. The molecule has 1 N–H and O–H groups in total. The molecule has 176 valence electrons. The highest BCUT2D eigenvalue weighted by atomic mass is 35.5. The number of nitrogens with one attached hydrogen (secondary N) is 1. The first-order valence-electron chi connectivity index (χ1n) is 12.1. The van der Waals surface area contributed by atoms with Crippen LogP contribution in [0.3, 0.4) is 0 Å². The zero-order chi connectivity index (χ0) is 23.4. The zero-order valence-corrected chi connectivity index (χ0v) is 20.6. The second kappa shape index (κ2) is 8.35. The van der Waals surface area contributed by atoms with Gasteiger partial charge in [0.15, 0.2) is 6.10 Å². The van der Waals surface area contributed by atoms with Crippen molar-refractivity contribution in [2.75, 3.05) is 0 Å². The summed E-state index contributed by atoms with van der Waals surface area (Å²) in [7, 11) is 0. The Morgan fingerprint density at radius 2 is 1.76 bits per heavy atom. The van der Waals surface area contributed by atoms with Crippen LogP contribution in [0.5, 0.6) is 0 Å². The number of nitrogens with zero attached hydrogens (tertiary/aromatic N) is 1. The molecule has 3 aromatic rings. The molecule has 4 fully saturated rings. The summed E-state index contributed by atoms with van der Waals surface area (Å²) >= 11 is 7.52. The van der Waals surface area contributed by atoms with Crippen LogP contribution in [0.15, 0.2) is 42.5 Å². The first-order valence-corrected chi connectivity index (χ1v) is 13.3. The third-order valence-corrected chi connectivity index (χ3v) is 9.10. The first-order chi connectivity index (χ1) is 16.4. The van der Waals surface area contributed by atoms with Crippen LogP contribution >= 0.6 is 22.9 Å². The van der Waals surface area contributed by atoms with Crippen molar-refractivity contribution in [1.82, 2.24) is 10.3 Å². The molecule has 2 heterocycles. The Morgan fingerprint density at radius 1 is 1.09 bits per heavy atom. The van der Waals surface area contributed by atoms with Gasteiger partial charge in [-0.25, -0.2) is 9.78 Å². The summed E-state index contributed by atoms with van der Waals surface area (Å²) < 4.78 is 6.37. The maximum absolute atomic E-state index is 13.3. The largest absolute Gasteiger partial charge is 0.449 e. The van der Waals surface area contributed by atoms with Crippen molar-refractivity contribution >= 4 is 45.7 Å². The number of halogens is 1. The molecule has 0 saturated heterocycles. The number of esters is 1. The third-order valence-electron chi connectivity index (χ3n) is 7.84. The fourth-order valence-corrected chi connectivity index (χ4v) is 7.83. The lowest BCUT2D eigenvalue weighted by Gasteiger charge is -2.57.